The summed E-state index contributed by atoms with van der Waals surface area (Å²) in [5.74, 6) is 1.14. The molecule has 0 amide bonds. The lowest BCUT2D eigenvalue weighted by Gasteiger charge is -2.13. The van der Waals surface area contributed by atoms with Gasteiger partial charge >= 0.3 is 0 Å². The van der Waals surface area contributed by atoms with Crippen molar-refractivity contribution in [3.8, 4) is 11.5 Å². The molecule has 110 valence electrons. The summed E-state index contributed by atoms with van der Waals surface area (Å²) in [7, 11) is 0. The topological polar surface area (TPSA) is 21.3 Å². The lowest BCUT2D eigenvalue weighted by Crippen LogP contribution is -2.16. The van der Waals surface area contributed by atoms with E-state index in [-0.39, 0.29) is 5.82 Å². The summed E-state index contributed by atoms with van der Waals surface area (Å²) in [5, 5.41) is 3.34. The molecular formula is C18H20FNO. The van der Waals surface area contributed by atoms with Crippen molar-refractivity contribution in [3.63, 3.8) is 0 Å². The Labute approximate surface area is 125 Å². The quantitative estimate of drug-likeness (QED) is 0.847. The summed E-state index contributed by atoms with van der Waals surface area (Å²) in [5.41, 5.74) is 1.81. The van der Waals surface area contributed by atoms with Crippen LogP contribution in [0, 0.1) is 5.82 Å². The summed E-state index contributed by atoms with van der Waals surface area (Å²) in [6.45, 7) is 2.62. The lowest BCUT2D eigenvalue weighted by atomic mass is 10.1. The van der Waals surface area contributed by atoms with Crippen molar-refractivity contribution in [2.75, 3.05) is 0 Å². The van der Waals surface area contributed by atoms with Crippen LogP contribution in [0.15, 0.2) is 42.5 Å². The van der Waals surface area contributed by atoms with Crippen LogP contribution in [0.1, 0.15) is 30.9 Å². The monoisotopic (exact) mass is 285 g/mol. The molecule has 2 aromatic carbocycles. The van der Waals surface area contributed by atoms with Gasteiger partial charge in [-0.3, -0.25) is 0 Å². The second kappa shape index (κ2) is 6.27. The van der Waals surface area contributed by atoms with Gasteiger partial charge in [-0.05, 0) is 49.1 Å². The Balaban J connectivity index is 1.81. The molecule has 0 bridgehead atoms. The predicted molar refractivity (Wildman–Crippen MR) is 82.2 cm³/mol. The first-order valence-corrected chi connectivity index (χ1v) is 7.54. The Morgan fingerprint density at radius 3 is 2.76 bits per heavy atom. The van der Waals surface area contributed by atoms with Gasteiger partial charge in [-0.15, -0.1) is 0 Å². The first-order valence-electron chi connectivity index (χ1n) is 7.54. The molecular weight excluding hydrogens is 265 g/mol. The summed E-state index contributed by atoms with van der Waals surface area (Å²) in [6, 6.07) is 13.5. The molecule has 2 aromatic rings. The molecule has 0 atom stereocenters. The zero-order valence-electron chi connectivity index (χ0n) is 12.2. The summed E-state index contributed by atoms with van der Waals surface area (Å²) >= 11 is 0. The van der Waals surface area contributed by atoms with Crippen molar-refractivity contribution in [1.29, 1.82) is 0 Å². The van der Waals surface area contributed by atoms with Crippen molar-refractivity contribution in [2.45, 2.75) is 38.8 Å². The fourth-order valence-electron chi connectivity index (χ4n) is 2.30. The minimum absolute atomic E-state index is 0.215. The minimum Gasteiger partial charge on any atom is -0.457 e. The lowest BCUT2D eigenvalue weighted by molar-refractivity contribution is 0.461. The van der Waals surface area contributed by atoms with Crippen LogP contribution in [0.4, 0.5) is 4.39 Å². The maximum Gasteiger partial charge on any atom is 0.134 e. The van der Waals surface area contributed by atoms with Gasteiger partial charge in [-0.1, -0.05) is 25.1 Å². The number of hydrogen-bond donors (Lipinski definition) is 1. The SMILES string of the molecule is CCc1cccc(Oc2cccc(F)c2CNC2CC2)c1. The van der Waals surface area contributed by atoms with Gasteiger partial charge in [0.05, 0.1) is 0 Å². The van der Waals surface area contributed by atoms with E-state index in [0.717, 1.165) is 12.2 Å². The molecule has 0 aliphatic heterocycles. The first-order chi connectivity index (χ1) is 10.3. The smallest absolute Gasteiger partial charge is 0.134 e. The van der Waals surface area contributed by atoms with Gasteiger partial charge in [0.1, 0.15) is 17.3 Å². The van der Waals surface area contributed by atoms with Gasteiger partial charge in [-0.25, -0.2) is 4.39 Å². The normalized spacial score (nSPS) is 14.2. The van der Waals surface area contributed by atoms with Crippen LogP contribution in [0.3, 0.4) is 0 Å². The summed E-state index contributed by atoms with van der Waals surface area (Å²) in [4.78, 5) is 0. The number of hydrogen-bond acceptors (Lipinski definition) is 2. The van der Waals surface area contributed by atoms with E-state index in [2.05, 4.69) is 18.3 Å². The van der Waals surface area contributed by atoms with Gasteiger partial charge in [0.15, 0.2) is 0 Å². The van der Waals surface area contributed by atoms with Crippen LogP contribution in [0.5, 0.6) is 11.5 Å². The average Bonchev–Trinajstić information content (AvgIpc) is 3.31. The highest BCUT2D eigenvalue weighted by molar-refractivity contribution is 5.39. The second-order valence-corrected chi connectivity index (χ2v) is 5.47. The fourth-order valence-corrected chi connectivity index (χ4v) is 2.30. The summed E-state index contributed by atoms with van der Waals surface area (Å²) < 4.78 is 20.0. The molecule has 1 fully saturated rings. The van der Waals surface area contributed by atoms with E-state index in [0.29, 0.717) is 23.9 Å². The molecule has 1 aliphatic rings. The van der Waals surface area contributed by atoms with Crippen LogP contribution in [-0.2, 0) is 13.0 Å². The van der Waals surface area contributed by atoms with Gasteiger partial charge in [-0.2, -0.15) is 0 Å². The molecule has 3 heteroatoms. The third-order valence-electron chi connectivity index (χ3n) is 3.76. The van der Waals surface area contributed by atoms with Crippen molar-refractivity contribution in [1.82, 2.24) is 5.32 Å². The number of aryl methyl sites for hydroxylation is 1. The van der Waals surface area contributed by atoms with Crippen LogP contribution >= 0.6 is 0 Å². The molecule has 0 unspecified atom stereocenters. The van der Waals surface area contributed by atoms with Crippen molar-refractivity contribution in [3.05, 3.63) is 59.4 Å². The van der Waals surface area contributed by atoms with E-state index in [1.165, 1.54) is 24.5 Å². The summed E-state index contributed by atoms with van der Waals surface area (Å²) in [6.07, 6.45) is 3.32. The molecule has 21 heavy (non-hydrogen) atoms. The van der Waals surface area contributed by atoms with Gasteiger partial charge in [0, 0.05) is 18.2 Å². The van der Waals surface area contributed by atoms with Gasteiger partial charge in [0.25, 0.3) is 0 Å². The zero-order chi connectivity index (χ0) is 14.7. The number of halogens is 1. The van der Waals surface area contributed by atoms with Crippen molar-refractivity contribution < 1.29 is 9.13 Å². The number of nitrogens with one attached hydrogen (secondary N) is 1. The molecule has 1 aliphatic carbocycles. The Kier molecular flexibility index (Phi) is 4.20. The van der Waals surface area contributed by atoms with E-state index >= 15 is 0 Å². The van der Waals surface area contributed by atoms with Crippen molar-refractivity contribution >= 4 is 0 Å². The molecule has 0 spiro atoms. The highest BCUT2D eigenvalue weighted by atomic mass is 19.1. The second-order valence-electron chi connectivity index (χ2n) is 5.47. The van der Waals surface area contributed by atoms with Gasteiger partial charge < -0.3 is 10.1 Å². The fraction of sp³-hybridized carbons (Fsp3) is 0.333. The largest absolute Gasteiger partial charge is 0.457 e. The van der Waals surface area contributed by atoms with Gasteiger partial charge in [0.2, 0.25) is 0 Å². The highest BCUT2D eigenvalue weighted by Gasteiger charge is 2.21. The van der Waals surface area contributed by atoms with E-state index in [9.17, 15) is 4.39 Å². The first kappa shape index (κ1) is 14.1. The molecule has 0 saturated heterocycles. The third kappa shape index (κ3) is 3.61. The van der Waals surface area contributed by atoms with Crippen LogP contribution in [0.25, 0.3) is 0 Å². The molecule has 0 heterocycles. The number of rotatable bonds is 6. The Morgan fingerprint density at radius 1 is 1.19 bits per heavy atom. The van der Waals surface area contributed by atoms with Crippen LogP contribution in [0.2, 0.25) is 0 Å². The maximum atomic E-state index is 14.0. The molecule has 1 saturated carbocycles. The molecule has 1 N–H and O–H groups in total. The number of ether oxygens (including phenoxy) is 1. The maximum absolute atomic E-state index is 14.0. The molecule has 2 nitrogen and oxygen atoms in total. The van der Waals surface area contributed by atoms with E-state index in [1.54, 1.807) is 6.07 Å². The van der Waals surface area contributed by atoms with Crippen LogP contribution in [-0.4, -0.2) is 6.04 Å². The molecule has 0 radical (unpaired) electrons. The Morgan fingerprint density at radius 2 is 2.00 bits per heavy atom. The van der Waals surface area contributed by atoms with E-state index in [4.69, 9.17) is 4.74 Å². The minimum atomic E-state index is -0.215. The Hall–Kier alpha value is -1.87. The number of benzene rings is 2. The Bertz CT molecular complexity index is 622. The average molecular weight is 285 g/mol. The third-order valence-corrected chi connectivity index (χ3v) is 3.76. The zero-order valence-corrected chi connectivity index (χ0v) is 12.2. The molecule has 3 rings (SSSR count). The van der Waals surface area contributed by atoms with Crippen molar-refractivity contribution in [2.24, 2.45) is 0 Å². The predicted octanol–water partition coefficient (Wildman–Crippen LogP) is 4.43. The highest BCUT2D eigenvalue weighted by Crippen LogP contribution is 2.29. The molecule has 0 aromatic heterocycles. The van der Waals surface area contributed by atoms with E-state index in [1.807, 2.05) is 24.3 Å². The van der Waals surface area contributed by atoms with Crippen LogP contribution < -0.4 is 10.1 Å². The van der Waals surface area contributed by atoms with E-state index < -0.39 is 0 Å². The standard InChI is InChI=1S/C18H20FNO/c1-2-13-5-3-6-15(11-13)21-18-8-4-7-17(19)16(18)12-20-14-9-10-14/h3-8,11,14,20H,2,9-10,12H2,1H3.